The minimum Gasteiger partial charge on any atom is -0.481 e. The summed E-state index contributed by atoms with van der Waals surface area (Å²) in [5.41, 5.74) is -1.78. The van der Waals surface area contributed by atoms with E-state index in [4.69, 9.17) is 0 Å². The minimum atomic E-state index is -0.892. The molecule has 0 amide bonds. The summed E-state index contributed by atoms with van der Waals surface area (Å²) in [7, 11) is 0. The van der Waals surface area contributed by atoms with Crippen LogP contribution in [0.2, 0.25) is 0 Å². The van der Waals surface area contributed by atoms with Crippen LogP contribution in [0.1, 0.15) is 54.4 Å². The predicted molar refractivity (Wildman–Crippen MR) is 78.8 cm³/mol. The average molecular weight is 287 g/mol. The Morgan fingerprint density at radius 1 is 0.900 bits per heavy atom. The van der Waals surface area contributed by atoms with Crippen LogP contribution >= 0.6 is 0 Å². The molecule has 0 bridgehead atoms. The fraction of sp³-hybridized carbons (Fsp3) is 0.867. The van der Waals surface area contributed by atoms with Gasteiger partial charge in [-0.25, -0.2) is 0 Å². The van der Waals surface area contributed by atoms with Gasteiger partial charge >= 0.3 is 11.9 Å². The fourth-order valence-electron chi connectivity index (χ4n) is 2.27. The van der Waals surface area contributed by atoms with Crippen LogP contribution in [0.4, 0.5) is 0 Å². The van der Waals surface area contributed by atoms with Crippen LogP contribution in [-0.2, 0) is 9.59 Å². The summed E-state index contributed by atoms with van der Waals surface area (Å²) in [5.74, 6) is -1.72. The van der Waals surface area contributed by atoms with E-state index in [2.05, 4.69) is 0 Å². The molecule has 0 fully saturated rings. The number of nitrogens with zero attached hydrogens (tertiary/aromatic N) is 1. The summed E-state index contributed by atoms with van der Waals surface area (Å²) in [5, 5.41) is 18.6. The maximum Gasteiger partial charge on any atom is 0.310 e. The Balaban J connectivity index is 5.20. The van der Waals surface area contributed by atoms with Gasteiger partial charge in [0.15, 0.2) is 0 Å². The molecule has 0 saturated heterocycles. The van der Waals surface area contributed by atoms with E-state index in [0.717, 1.165) is 12.8 Å². The van der Waals surface area contributed by atoms with Gasteiger partial charge in [0, 0.05) is 19.1 Å². The van der Waals surface area contributed by atoms with E-state index < -0.39 is 22.8 Å². The zero-order valence-electron chi connectivity index (χ0n) is 13.6. The molecule has 0 aliphatic carbocycles. The molecule has 0 heterocycles. The topological polar surface area (TPSA) is 77.8 Å². The Labute approximate surface area is 122 Å². The summed E-state index contributed by atoms with van der Waals surface area (Å²) in [6, 6.07) is 0.201. The number of carbonyl (C=O) groups is 2. The normalized spacial score (nSPS) is 13.0. The monoisotopic (exact) mass is 287 g/mol. The van der Waals surface area contributed by atoms with Crippen molar-refractivity contribution in [2.45, 2.75) is 60.4 Å². The second-order valence-corrected chi connectivity index (χ2v) is 6.75. The van der Waals surface area contributed by atoms with Gasteiger partial charge in [0.2, 0.25) is 0 Å². The SMILES string of the molecule is CCC(CC)N(CC(C)(C)C(=O)O)CC(C)(C)C(=O)O. The molecule has 0 atom stereocenters. The highest BCUT2D eigenvalue weighted by Gasteiger charge is 2.36. The maximum atomic E-state index is 11.3. The van der Waals surface area contributed by atoms with Gasteiger partial charge in [0.1, 0.15) is 0 Å². The number of carboxylic acid groups (broad SMARTS) is 2. The summed E-state index contributed by atoms with van der Waals surface area (Å²) < 4.78 is 0. The summed E-state index contributed by atoms with van der Waals surface area (Å²) in [6.45, 7) is 11.5. The van der Waals surface area contributed by atoms with Crippen molar-refractivity contribution in [2.75, 3.05) is 13.1 Å². The van der Waals surface area contributed by atoms with Crippen molar-refractivity contribution in [3.63, 3.8) is 0 Å². The molecule has 118 valence electrons. The van der Waals surface area contributed by atoms with Crippen LogP contribution in [0.5, 0.6) is 0 Å². The number of hydrogen-bond acceptors (Lipinski definition) is 3. The Morgan fingerprint density at radius 2 is 1.20 bits per heavy atom. The highest BCUT2D eigenvalue weighted by Crippen LogP contribution is 2.26. The highest BCUT2D eigenvalue weighted by molar-refractivity contribution is 5.74. The summed E-state index contributed by atoms with van der Waals surface area (Å²) >= 11 is 0. The second-order valence-electron chi connectivity index (χ2n) is 6.75. The van der Waals surface area contributed by atoms with Crippen LogP contribution in [0.25, 0.3) is 0 Å². The van der Waals surface area contributed by atoms with Crippen molar-refractivity contribution in [1.82, 2.24) is 4.90 Å². The molecule has 5 nitrogen and oxygen atoms in total. The van der Waals surface area contributed by atoms with E-state index in [0.29, 0.717) is 13.1 Å². The Hall–Kier alpha value is -1.10. The molecule has 0 radical (unpaired) electrons. The van der Waals surface area contributed by atoms with Crippen molar-refractivity contribution < 1.29 is 19.8 Å². The lowest BCUT2D eigenvalue weighted by Gasteiger charge is -2.39. The first-order valence-corrected chi connectivity index (χ1v) is 7.18. The van der Waals surface area contributed by atoms with Crippen molar-refractivity contribution in [3.05, 3.63) is 0 Å². The van der Waals surface area contributed by atoms with Crippen molar-refractivity contribution in [1.29, 1.82) is 0 Å². The third kappa shape index (κ3) is 5.12. The molecule has 0 spiro atoms. The Kier molecular flexibility index (Phi) is 6.68. The molecule has 0 aromatic heterocycles. The van der Waals surface area contributed by atoms with Gasteiger partial charge in [-0.2, -0.15) is 0 Å². The largest absolute Gasteiger partial charge is 0.481 e. The lowest BCUT2D eigenvalue weighted by molar-refractivity contribution is -0.150. The Bertz CT molecular complexity index is 318. The first-order chi connectivity index (χ1) is 8.97. The van der Waals surface area contributed by atoms with Gasteiger partial charge < -0.3 is 10.2 Å². The van der Waals surface area contributed by atoms with Crippen molar-refractivity contribution in [3.8, 4) is 0 Å². The van der Waals surface area contributed by atoms with Crippen LogP contribution in [0.15, 0.2) is 0 Å². The van der Waals surface area contributed by atoms with E-state index in [-0.39, 0.29) is 6.04 Å². The highest BCUT2D eigenvalue weighted by atomic mass is 16.4. The predicted octanol–water partition coefficient (Wildman–Crippen LogP) is 2.70. The smallest absolute Gasteiger partial charge is 0.310 e. The van der Waals surface area contributed by atoms with E-state index in [1.165, 1.54) is 0 Å². The van der Waals surface area contributed by atoms with Gasteiger partial charge in [-0.05, 0) is 40.5 Å². The Morgan fingerprint density at radius 3 is 1.40 bits per heavy atom. The van der Waals surface area contributed by atoms with Crippen molar-refractivity contribution in [2.24, 2.45) is 10.8 Å². The van der Waals surface area contributed by atoms with Gasteiger partial charge in [-0.3, -0.25) is 14.5 Å². The van der Waals surface area contributed by atoms with E-state index in [1.807, 2.05) is 18.7 Å². The third-order valence-corrected chi connectivity index (χ3v) is 3.81. The zero-order valence-corrected chi connectivity index (χ0v) is 13.6. The van der Waals surface area contributed by atoms with Crippen molar-refractivity contribution >= 4 is 11.9 Å². The molecule has 0 saturated carbocycles. The van der Waals surface area contributed by atoms with Crippen LogP contribution in [0, 0.1) is 10.8 Å². The molecular formula is C15H29NO4. The summed E-state index contributed by atoms with van der Waals surface area (Å²) in [6.07, 6.45) is 1.75. The molecule has 0 aromatic rings. The average Bonchev–Trinajstić information content (AvgIpc) is 2.28. The maximum absolute atomic E-state index is 11.3. The molecule has 0 unspecified atom stereocenters. The van der Waals surface area contributed by atoms with Gasteiger partial charge in [-0.1, -0.05) is 13.8 Å². The van der Waals surface area contributed by atoms with Crippen LogP contribution in [-0.4, -0.2) is 46.2 Å². The van der Waals surface area contributed by atoms with Crippen LogP contribution < -0.4 is 0 Å². The summed E-state index contributed by atoms with van der Waals surface area (Å²) in [4.78, 5) is 24.6. The standard InChI is InChI=1S/C15H29NO4/c1-7-11(8-2)16(9-14(3,4)12(17)18)10-15(5,6)13(19)20/h11H,7-10H2,1-6H3,(H,17,18)(H,19,20). The minimum absolute atomic E-state index is 0.201. The first kappa shape index (κ1) is 18.9. The quantitative estimate of drug-likeness (QED) is 0.681. The van der Waals surface area contributed by atoms with Gasteiger partial charge in [0.05, 0.1) is 10.8 Å². The number of hydrogen-bond donors (Lipinski definition) is 2. The molecule has 0 aliphatic rings. The lowest BCUT2D eigenvalue weighted by atomic mass is 9.88. The van der Waals surface area contributed by atoms with E-state index in [1.54, 1.807) is 27.7 Å². The lowest BCUT2D eigenvalue weighted by Crippen LogP contribution is -2.49. The molecular weight excluding hydrogens is 258 g/mol. The third-order valence-electron chi connectivity index (χ3n) is 3.81. The number of rotatable bonds is 9. The number of aliphatic carboxylic acids is 2. The molecule has 0 aliphatic heterocycles. The second kappa shape index (κ2) is 7.07. The molecule has 20 heavy (non-hydrogen) atoms. The van der Waals surface area contributed by atoms with Crippen LogP contribution in [0.3, 0.4) is 0 Å². The molecule has 0 aromatic carbocycles. The molecule has 5 heteroatoms. The van der Waals surface area contributed by atoms with Gasteiger partial charge in [0.25, 0.3) is 0 Å². The fourth-order valence-corrected chi connectivity index (χ4v) is 2.27. The molecule has 0 rings (SSSR count). The number of carboxylic acids is 2. The van der Waals surface area contributed by atoms with Gasteiger partial charge in [-0.15, -0.1) is 0 Å². The van der Waals surface area contributed by atoms with E-state index in [9.17, 15) is 19.8 Å². The first-order valence-electron chi connectivity index (χ1n) is 7.18. The zero-order chi connectivity index (χ0) is 16.1. The molecule has 2 N–H and O–H groups in total. The van der Waals surface area contributed by atoms with E-state index >= 15 is 0 Å².